The van der Waals surface area contributed by atoms with Crippen molar-refractivity contribution < 1.29 is 0 Å². The van der Waals surface area contributed by atoms with E-state index in [2.05, 4.69) is 253 Å². The average Bonchev–Trinajstić information content (AvgIpc) is 4.19. The fourth-order valence-electron chi connectivity index (χ4n) is 11.3. The molecule has 0 amide bonds. The Bertz CT molecular complexity index is 4410. The molecule has 67 heavy (non-hydrogen) atoms. The Morgan fingerprint density at radius 1 is 0.269 bits per heavy atom. The minimum absolute atomic E-state index is 0.866. The first-order chi connectivity index (χ1) is 33.3. The van der Waals surface area contributed by atoms with E-state index in [9.17, 15) is 0 Å². The average molecular weight is 855 g/mol. The number of hydrogen-bond acceptors (Lipinski definition) is 1. The van der Waals surface area contributed by atoms with Gasteiger partial charge in [0.1, 0.15) is 5.52 Å². The molecule has 15 rings (SSSR count). The minimum atomic E-state index is 0.866. The molecule has 0 aliphatic carbocycles. The van der Waals surface area contributed by atoms with Crippen LogP contribution in [0.5, 0.6) is 0 Å². The lowest BCUT2D eigenvalue weighted by atomic mass is 10.0. The summed E-state index contributed by atoms with van der Waals surface area (Å²) >= 11 is 0. The molecule has 0 saturated carbocycles. The molecule has 10 aromatic carbocycles. The van der Waals surface area contributed by atoms with Crippen LogP contribution in [0.15, 0.2) is 231 Å². The van der Waals surface area contributed by atoms with Crippen molar-refractivity contribution in [3.63, 3.8) is 0 Å². The lowest BCUT2D eigenvalue weighted by Gasteiger charge is -2.18. The van der Waals surface area contributed by atoms with Crippen LogP contribution in [0.3, 0.4) is 0 Å². The molecule has 0 unspecified atom stereocenters. The highest BCUT2D eigenvalue weighted by molar-refractivity contribution is 6.19. The van der Waals surface area contributed by atoms with Gasteiger partial charge in [-0.1, -0.05) is 146 Å². The lowest BCUT2D eigenvalue weighted by Crippen LogP contribution is -2.01. The van der Waals surface area contributed by atoms with Crippen LogP contribution in [-0.4, -0.2) is 27.7 Å². The van der Waals surface area contributed by atoms with Gasteiger partial charge in [0.2, 0.25) is 5.78 Å². The van der Waals surface area contributed by atoms with Crippen molar-refractivity contribution in [2.75, 3.05) is 0 Å². The number of nitrogens with zero attached hydrogens (tertiary/aromatic N) is 6. The van der Waals surface area contributed by atoms with Crippen molar-refractivity contribution in [1.29, 1.82) is 0 Å². The summed E-state index contributed by atoms with van der Waals surface area (Å²) in [6, 6.07) is 83.6. The predicted octanol–water partition coefficient (Wildman–Crippen LogP) is 15.4. The van der Waals surface area contributed by atoms with Gasteiger partial charge in [-0.25, -0.2) is 4.98 Å². The number of imidazole rings is 2. The Morgan fingerprint density at radius 3 is 1.30 bits per heavy atom. The van der Waals surface area contributed by atoms with Crippen molar-refractivity contribution in [3.05, 3.63) is 231 Å². The minimum Gasteiger partial charge on any atom is -0.309 e. The first kappa shape index (κ1) is 36.2. The molecule has 6 nitrogen and oxygen atoms in total. The molecular formula is C61H38N6. The van der Waals surface area contributed by atoms with E-state index in [0.29, 0.717) is 0 Å². The molecule has 5 aromatic heterocycles. The molecule has 0 fully saturated rings. The van der Waals surface area contributed by atoms with Crippen LogP contribution in [-0.2, 0) is 0 Å². The van der Waals surface area contributed by atoms with Crippen LogP contribution in [0.1, 0.15) is 0 Å². The van der Waals surface area contributed by atoms with Crippen molar-refractivity contribution in [3.8, 4) is 33.9 Å². The normalized spacial score (nSPS) is 12.2. The topological polar surface area (TPSA) is 37.0 Å². The predicted molar refractivity (Wildman–Crippen MR) is 278 cm³/mol. The maximum atomic E-state index is 5.75. The molecular weight excluding hydrogens is 817 g/mol. The Hall–Kier alpha value is -9.13. The maximum Gasteiger partial charge on any atom is 0.220 e. The summed E-state index contributed by atoms with van der Waals surface area (Å²) in [5.41, 5.74) is 17.8. The molecule has 0 spiro atoms. The summed E-state index contributed by atoms with van der Waals surface area (Å²) in [6.45, 7) is 0. The molecule has 0 aliphatic rings. The zero-order valence-electron chi connectivity index (χ0n) is 36.1. The molecule has 0 radical (unpaired) electrons. The van der Waals surface area contributed by atoms with E-state index in [1.165, 1.54) is 49.0 Å². The Morgan fingerprint density at radius 2 is 0.716 bits per heavy atom. The maximum absolute atomic E-state index is 5.75. The van der Waals surface area contributed by atoms with E-state index >= 15 is 0 Å². The molecule has 0 aliphatic heterocycles. The number of benzene rings is 10. The molecule has 0 N–H and O–H groups in total. The van der Waals surface area contributed by atoms with E-state index in [0.717, 1.165) is 78.1 Å². The second-order valence-corrected chi connectivity index (χ2v) is 17.5. The van der Waals surface area contributed by atoms with Gasteiger partial charge in [-0.2, -0.15) is 0 Å². The van der Waals surface area contributed by atoms with Gasteiger partial charge >= 0.3 is 0 Å². The summed E-state index contributed by atoms with van der Waals surface area (Å²) in [5.74, 6) is 0.866. The molecule has 0 atom stereocenters. The van der Waals surface area contributed by atoms with Crippen molar-refractivity contribution in [1.82, 2.24) is 27.7 Å². The fourth-order valence-corrected chi connectivity index (χ4v) is 11.3. The van der Waals surface area contributed by atoms with Gasteiger partial charge in [0.05, 0.1) is 61.0 Å². The van der Waals surface area contributed by atoms with E-state index in [1.54, 1.807) is 0 Å². The summed E-state index contributed by atoms with van der Waals surface area (Å²) < 4.78 is 12.0. The number of hydrogen-bond donors (Lipinski definition) is 0. The molecule has 0 bridgehead atoms. The first-order valence-electron chi connectivity index (χ1n) is 22.9. The van der Waals surface area contributed by atoms with Crippen LogP contribution in [0.4, 0.5) is 0 Å². The van der Waals surface area contributed by atoms with Gasteiger partial charge in [0.15, 0.2) is 0 Å². The number of para-hydroxylation sites is 8. The Balaban J connectivity index is 1.04. The smallest absolute Gasteiger partial charge is 0.220 e. The van der Waals surface area contributed by atoms with Gasteiger partial charge < -0.3 is 13.7 Å². The third-order valence-electron chi connectivity index (χ3n) is 14.1. The van der Waals surface area contributed by atoms with Crippen LogP contribution >= 0.6 is 0 Å². The molecule has 0 saturated heterocycles. The molecule has 5 heterocycles. The van der Waals surface area contributed by atoms with E-state index in [4.69, 9.17) is 4.98 Å². The zero-order chi connectivity index (χ0) is 43.7. The zero-order valence-corrected chi connectivity index (χ0v) is 36.1. The summed E-state index contributed by atoms with van der Waals surface area (Å²) in [4.78, 5) is 5.75. The second-order valence-electron chi connectivity index (χ2n) is 17.5. The van der Waals surface area contributed by atoms with E-state index < -0.39 is 0 Å². The molecule has 15 aromatic rings. The Kier molecular flexibility index (Phi) is 7.40. The SMILES string of the molecule is c1ccc(-n2c3ccc(-n4c5ccccc5c5ccccc54)cc3n3c4ccc5c6ccccc6n(-c6ccccc6-c6ccccc6-n6c7ccccc7c7ccccc76)c5c4nc23)cc1. The Labute approximate surface area is 383 Å². The lowest BCUT2D eigenvalue weighted by molar-refractivity contribution is 1.11. The van der Waals surface area contributed by atoms with Crippen molar-refractivity contribution in [2.24, 2.45) is 0 Å². The van der Waals surface area contributed by atoms with Gasteiger partial charge in [-0.05, 0) is 84.9 Å². The van der Waals surface area contributed by atoms with E-state index in [-0.39, 0.29) is 0 Å². The number of rotatable bonds is 5. The molecule has 312 valence electrons. The van der Waals surface area contributed by atoms with Crippen LogP contribution < -0.4 is 0 Å². The van der Waals surface area contributed by atoms with E-state index in [1.807, 2.05) is 0 Å². The highest BCUT2D eigenvalue weighted by Crippen LogP contribution is 2.43. The summed E-state index contributed by atoms with van der Waals surface area (Å²) in [6.07, 6.45) is 0. The van der Waals surface area contributed by atoms with Crippen molar-refractivity contribution in [2.45, 2.75) is 0 Å². The van der Waals surface area contributed by atoms with Crippen LogP contribution in [0.2, 0.25) is 0 Å². The summed E-state index contributed by atoms with van der Waals surface area (Å²) in [5, 5.41) is 7.32. The van der Waals surface area contributed by atoms with Gasteiger partial charge in [0, 0.05) is 54.8 Å². The largest absolute Gasteiger partial charge is 0.309 e. The van der Waals surface area contributed by atoms with Gasteiger partial charge in [-0.3, -0.25) is 8.97 Å². The van der Waals surface area contributed by atoms with Crippen LogP contribution in [0.25, 0.3) is 127 Å². The van der Waals surface area contributed by atoms with Crippen molar-refractivity contribution >= 4 is 93.3 Å². The molecule has 6 heteroatoms. The first-order valence-corrected chi connectivity index (χ1v) is 22.9. The summed E-state index contributed by atoms with van der Waals surface area (Å²) in [7, 11) is 0. The number of aromatic nitrogens is 6. The highest BCUT2D eigenvalue weighted by atomic mass is 15.2. The number of fused-ring (bicyclic) bond motifs is 15. The third kappa shape index (κ3) is 4.96. The highest BCUT2D eigenvalue weighted by Gasteiger charge is 2.25. The van der Waals surface area contributed by atoms with Gasteiger partial charge in [-0.15, -0.1) is 0 Å². The fraction of sp³-hybridized carbons (Fsp3) is 0. The van der Waals surface area contributed by atoms with Gasteiger partial charge in [0.25, 0.3) is 0 Å². The third-order valence-corrected chi connectivity index (χ3v) is 14.1. The monoisotopic (exact) mass is 854 g/mol. The van der Waals surface area contributed by atoms with Crippen LogP contribution in [0, 0.1) is 0 Å². The quantitative estimate of drug-likeness (QED) is 0.170. The second kappa shape index (κ2) is 13.7. The standard InChI is InChI=1S/C61H38N6/c1-2-18-39(19-3-1)64-56-36-34-40(63-49-27-11-4-20-41(49)42-21-5-12-28-50(42)63)38-58(56)67-57-37-35-48-47-26-10-17-33-55(47)66(60(48)59(57)62-61(64)67)54-32-16-9-25-46(54)45-24-8-15-31-53(45)65-51-29-13-6-22-43(51)44-23-7-14-30-52(44)65/h1-38H.